The number of rotatable bonds is 4. The maximum absolute atomic E-state index is 12.6. The molecule has 3 aromatic rings. The zero-order valence-corrected chi connectivity index (χ0v) is 15.1. The Labute approximate surface area is 157 Å². The molecule has 1 N–H and O–H groups in total. The molecule has 1 unspecified atom stereocenters. The molecule has 1 saturated heterocycles. The molecule has 1 aliphatic rings. The number of amides is 1. The number of carbonyl (C=O) groups excluding carboxylic acids is 1. The molecular weight excluding hydrogens is 346 g/mol. The van der Waals surface area contributed by atoms with Gasteiger partial charge in [-0.05, 0) is 54.8 Å². The first-order valence-electron chi connectivity index (χ1n) is 8.83. The quantitative estimate of drug-likeness (QED) is 0.755. The summed E-state index contributed by atoms with van der Waals surface area (Å²) in [6, 6.07) is 17.4. The van der Waals surface area contributed by atoms with E-state index in [-0.39, 0.29) is 5.91 Å². The fourth-order valence-electron chi connectivity index (χ4n) is 3.52. The van der Waals surface area contributed by atoms with Crippen LogP contribution in [0.1, 0.15) is 16.8 Å². The lowest BCUT2D eigenvalue weighted by atomic mass is 10.1. The summed E-state index contributed by atoms with van der Waals surface area (Å²) in [5.41, 5.74) is 2.71. The summed E-state index contributed by atoms with van der Waals surface area (Å²) in [6.07, 6.45) is 2.81. The van der Waals surface area contributed by atoms with E-state index < -0.39 is 0 Å². The Morgan fingerprint density at radius 1 is 1.15 bits per heavy atom. The number of carbonyl (C=O) groups is 1. The monoisotopic (exact) mass is 365 g/mol. The highest BCUT2D eigenvalue weighted by molar-refractivity contribution is 6.30. The van der Waals surface area contributed by atoms with Gasteiger partial charge in [-0.1, -0.05) is 23.7 Å². The van der Waals surface area contributed by atoms with E-state index in [1.54, 1.807) is 6.20 Å². The topological polar surface area (TPSA) is 45.2 Å². The number of fused-ring (bicyclic) bond motifs is 1. The molecule has 1 atom stereocenters. The molecule has 0 radical (unpaired) electrons. The van der Waals surface area contributed by atoms with Crippen molar-refractivity contribution >= 4 is 34.1 Å². The summed E-state index contributed by atoms with van der Waals surface area (Å²) in [5.74, 6) is 0.413. The van der Waals surface area contributed by atoms with E-state index in [1.165, 1.54) is 5.69 Å². The van der Waals surface area contributed by atoms with Crippen LogP contribution in [0.4, 0.5) is 5.69 Å². The predicted molar refractivity (Wildman–Crippen MR) is 106 cm³/mol. The molecule has 1 aliphatic heterocycles. The zero-order chi connectivity index (χ0) is 17.9. The zero-order valence-electron chi connectivity index (χ0n) is 14.4. The Kier molecular flexibility index (Phi) is 4.76. The third kappa shape index (κ3) is 3.51. The summed E-state index contributed by atoms with van der Waals surface area (Å²) >= 11 is 5.96. The molecule has 4 nitrogen and oxygen atoms in total. The number of anilines is 1. The molecule has 2 heterocycles. The number of halogens is 1. The Morgan fingerprint density at radius 2 is 2.00 bits per heavy atom. The van der Waals surface area contributed by atoms with Crippen LogP contribution in [0.2, 0.25) is 5.02 Å². The minimum Gasteiger partial charge on any atom is -0.371 e. The van der Waals surface area contributed by atoms with Crippen LogP contribution in [0.3, 0.4) is 0 Å². The van der Waals surface area contributed by atoms with E-state index in [2.05, 4.69) is 15.2 Å². The van der Waals surface area contributed by atoms with Crippen molar-refractivity contribution in [3.8, 4) is 0 Å². The van der Waals surface area contributed by atoms with Crippen LogP contribution in [-0.2, 0) is 0 Å². The summed E-state index contributed by atoms with van der Waals surface area (Å²) < 4.78 is 0. The highest BCUT2D eigenvalue weighted by Gasteiger charge is 2.23. The third-order valence-electron chi connectivity index (χ3n) is 4.92. The lowest BCUT2D eigenvalue weighted by Gasteiger charge is -2.19. The van der Waals surface area contributed by atoms with Gasteiger partial charge in [0.25, 0.3) is 5.91 Å². The van der Waals surface area contributed by atoms with Crippen molar-refractivity contribution in [3.05, 3.63) is 71.4 Å². The number of nitrogens with zero attached hydrogens (tertiary/aromatic N) is 2. The van der Waals surface area contributed by atoms with E-state index in [0.717, 1.165) is 35.4 Å². The van der Waals surface area contributed by atoms with E-state index in [0.29, 0.717) is 18.0 Å². The first kappa shape index (κ1) is 16.9. The number of benzene rings is 2. The lowest BCUT2D eigenvalue weighted by molar-refractivity contribution is 0.0950. The minimum atomic E-state index is -0.0338. The lowest BCUT2D eigenvalue weighted by Crippen LogP contribution is -2.31. The van der Waals surface area contributed by atoms with Crippen LogP contribution in [-0.4, -0.2) is 30.5 Å². The average Bonchev–Trinajstić information content (AvgIpc) is 3.15. The van der Waals surface area contributed by atoms with Crippen molar-refractivity contribution < 1.29 is 4.79 Å². The number of hydrogen-bond acceptors (Lipinski definition) is 3. The Balaban J connectivity index is 1.38. The summed E-state index contributed by atoms with van der Waals surface area (Å²) in [6.45, 7) is 2.62. The molecule has 1 aromatic heterocycles. The second kappa shape index (κ2) is 7.34. The molecule has 0 spiro atoms. The predicted octanol–water partition coefficient (Wildman–Crippen LogP) is 4.14. The highest BCUT2D eigenvalue weighted by atomic mass is 35.5. The molecule has 5 heteroatoms. The van der Waals surface area contributed by atoms with Gasteiger partial charge < -0.3 is 10.2 Å². The van der Waals surface area contributed by atoms with Crippen molar-refractivity contribution in [2.75, 3.05) is 24.5 Å². The molecule has 1 amide bonds. The normalized spacial score (nSPS) is 16.8. The van der Waals surface area contributed by atoms with Gasteiger partial charge in [-0.2, -0.15) is 0 Å². The van der Waals surface area contributed by atoms with Gasteiger partial charge in [0.15, 0.2) is 0 Å². The standard InChI is InChI=1S/C21H20ClN3O/c22-16-6-8-17(9-7-16)25-12-10-15(14-25)13-24-21(26)19-3-1-5-20-18(19)4-2-11-23-20/h1-9,11,15H,10,12-14H2,(H,24,26). The van der Waals surface area contributed by atoms with Crippen LogP contribution in [0, 0.1) is 5.92 Å². The molecule has 0 bridgehead atoms. The van der Waals surface area contributed by atoms with Gasteiger partial charge in [-0.3, -0.25) is 9.78 Å². The second-order valence-electron chi connectivity index (χ2n) is 6.66. The summed E-state index contributed by atoms with van der Waals surface area (Å²) in [5, 5.41) is 4.74. The number of aromatic nitrogens is 1. The molecule has 0 saturated carbocycles. The summed E-state index contributed by atoms with van der Waals surface area (Å²) in [7, 11) is 0. The van der Waals surface area contributed by atoms with Gasteiger partial charge in [0.2, 0.25) is 0 Å². The number of pyridine rings is 1. The molecule has 4 rings (SSSR count). The van der Waals surface area contributed by atoms with Crippen LogP contribution < -0.4 is 10.2 Å². The average molecular weight is 366 g/mol. The molecule has 0 aliphatic carbocycles. The minimum absolute atomic E-state index is 0.0338. The molecule has 1 fully saturated rings. The van der Waals surface area contributed by atoms with Crippen molar-refractivity contribution in [2.45, 2.75) is 6.42 Å². The van der Waals surface area contributed by atoms with Crippen molar-refractivity contribution in [3.63, 3.8) is 0 Å². The van der Waals surface area contributed by atoms with Crippen molar-refractivity contribution in [1.29, 1.82) is 0 Å². The van der Waals surface area contributed by atoms with Crippen molar-refractivity contribution in [1.82, 2.24) is 10.3 Å². The smallest absolute Gasteiger partial charge is 0.251 e. The number of nitrogens with one attached hydrogen (secondary N) is 1. The van der Waals surface area contributed by atoms with Crippen LogP contribution in [0.25, 0.3) is 10.9 Å². The van der Waals surface area contributed by atoms with Crippen molar-refractivity contribution in [2.24, 2.45) is 5.92 Å². The Hall–Kier alpha value is -2.59. The second-order valence-corrected chi connectivity index (χ2v) is 7.10. The van der Waals surface area contributed by atoms with Gasteiger partial charge >= 0.3 is 0 Å². The van der Waals surface area contributed by atoms with E-state index in [9.17, 15) is 4.79 Å². The Morgan fingerprint density at radius 3 is 2.85 bits per heavy atom. The SMILES string of the molecule is O=C(NCC1CCN(c2ccc(Cl)cc2)C1)c1cccc2ncccc12. The molecule has 2 aromatic carbocycles. The number of hydrogen-bond donors (Lipinski definition) is 1. The third-order valence-corrected chi connectivity index (χ3v) is 5.17. The highest BCUT2D eigenvalue weighted by Crippen LogP contribution is 2.25. The van der Waals surface area contributed by atoms with Crippen LogP contribution in [0.15, 0.2) is 60.8 Å². The van der Waals surface area contributed by atoms with E-state index in [1.807, 2.05) is 54.6 Å². The Bertz CT molecular complexity index is 921. The van der Waals surface area contributed by atoms with Gasteiger partial charge in [0, 0.05) is 47.5 Å². The maximum atomic E-state index is 12.6. The largest absolute Gasteiger partial charge is 0.371 e. The van der Waals surface area contributed by atoms with E-state index >= 15 is 0 Å². The maximum Gasteiger partial charge on any atom is 0.251 e. The fourth-order valence-corrected chi connectivity index (χ4v) is 3.65. The first-order chi connectivity index (χ1) is 12.7. The van der Waals surface area contributed by atoms with Crippen LogP contribution in [0.5, 0.6) is 0 Å². The van der Waals surface area contributed by atoms with Gasteiger partial charge in [-0.15, -0.1) is 0 Å². The molecule has 26 heavy (non-hydrogen) atoms. The van der Waals surface area contributed by atoms with Gasteiger partial charge in [-0.25, -0.2) is 0 Å². The van der Waals surface area contributed by atoms with Crippen LogP contribution >= 0.6 is 11.6 Å². The first-order valence-corrected chi connectivity index (χ1v) is 9.21. The molecule has 132 valence electrons. The molecular formula is C21H20ClN3O. The fraction of sp³-hybridized carbons (Fsp3) is 0.238. The van der Waals surface area contributed by atoms with Gasteiger partial charge in [0.05, 0.1) is 5.52 Å². The van der Waals surface area contributed by atoms with Gasteiger partial charge in [0.1, 0.15) is 0 Å². The summed E-state index contributed by atoms with van der Waals surface area (Å²) in [4.78, 5) is 19.3. The van der Waals surface area contributed by atoms with E-state index in [4.69, 9.17) is 11.6 Å².